The van der Waals surface area contributed by atoms with Crippen molar-refractivity contribution in [2.75, 3.05) is 13.6 Å². The molecule has 1 aliphatic carbocycles. The molecule has 1 saturated carbocycles. The van der Waals surface area contributed by atoms with E-state index in [1.165, 1.54) is 12.8 Å². The Balaban J connectivity index is 2.17. The van der Waals surface area contributed by atoms with Crippen molar-refractivity contribution in [1.82, 2.24) is 4.90 Å². The van der Waals surface area contributed by atoms with Crippen LogP contribution in [0.1, 0.15) is 19.8 Å². The van der Waals surface area contributed by atoms with Crippen LogP contribution < -0.4 is 0 Å². The second kappa shape index (κ2) is 3.03. The van der Waals surface area contributed by atoms with Crippen molar-refractivity contribution in [3.8, 4) is 6.07 Å². The second-order valence-corrected chi connectivity index (χ2v) is 3.20. The predicted octanol–water partition coefficient (Wildman–Crippen LogP) is 1.24. The summed E-state index contributed by atoms with van der Waals surface area (Å²) in [5, 5.41) is 8.51. The van der Waals surface area contributed by atoms with Gasteiger partial charge in [0.25, 0.3) is 0 Å². The summed E-state index contributed by atoms with van der Waals surface area (Å²) in [6.07, 6.45) is 2.66. The maximum Gasteiger partial charge on any atom is 0.0666 e. The topological polar surface area (TPSA) is 27.0 Å². The fraction of sp³-hybridized carbons (Fsp3) is 0.875. The Morgan fingerprint density at radius 1 is 1.70 bits per heavy atom. The normalized spacial score (nSPS) is 20.6. The van der Waals surface area contributed by atoms with Crippen LogP contribution in [0.2, 0.25) is 0 Å². The third-order valence-corrected chi connectivity index (χ3v) is 1.95. The molecule has 0 heterocycles. The lowest BCUT2D eigenvalue weighted by Crippen LogP contribution is -2.25. The third kappa shape index (κ3) is 2.00. The summed E-state index contributed by atoms with van der Waals surface area (Å²) in [7, 11) is 2.10. The molecule has 1 aliphatic rings. The van der Waals surface area contributed by atoms with Crippen molar-refractivity contribution in [2.45, 2.75) is 25.8 Å². The highest BCUT2D eigenvalue weighted by Crippen LogP contribution is 2.25. The van der Waals surface area contributed by atoms with E-state index in [1.807, 2.05) is 6.92 Å². The first-order chi connectivity index (χ1) is 4.74. The van der Waals surface area contributed by atoms with Crippen LogP contribution in [0, 0.1) is 17.2 Å². The van der Waals surface area contributed by atoms with Crippen LogP contribution in [0.25, 0.3) is 0 Å². The van der Waals surface area contributed by atoms with Gasteiger partial charge in [0.05, 0.1) is 12.0 Å². The van der Waals surface area contributed by atoms with Gasteiger partial charge in [-0.15, -0.1) is 0 Å². The van der Waals surface area contributed by atoms with Gasteiger partial charge in [-0.25, -0.2) is 0 Å². The fourth-order valence-electron chi connectivity index (χ4n) is 1.14. The number of rotatable bonds is 3. The van der Waals surface area contributed by atoms with Crippen LogP contribution >= 0.6 is 0 Å². The summed E-state index contributed by atoms with van der Waals surface area (Å²) in [6, 6.07) is 3.02. The third-order valence-electron chi connectivity index (χ3n) is 1.95. The van der Waals surface area contributed by atoms with Crippen molar-refractivity contribution in [3.05, 3.63) is 0 Å². The molecule has 10 heavy (non-hydrogen) atoms. The second-order valence-electron chi connectivity index (χ2n) is 3.20. The molecule has 0 N–H and O–H groups in total. The smallest absolute Gasteiger partial charge is 0.0666 e. The van der Waals surface area contributed by atoms with Gasteiger partial charge < -0.3 is 4.90 Å². The largest absolute Gasteiger partial charge is 0.302 e. The maximum absolute atomic E-state index is 8.51. The molecular formula is C8H14N2. The monoisotopic (exact) mass is 138 g/mol. The van der Waals surface area contributed by atoms with Gasteiger partial charge in [0.1, 0.15) is 0 Å². The molecule has 1 fully saturated rings. The molecule has 1 rings (SSSR count). The average molecular weight is 138 g/mol. The SMILES string of the molecule is CC(C#N)CN(C)C1CC1. The molecule has 1 atom stereocenters. The molecule has 0 aliphatic heterocycles. The van der Waals surface area contributed by atoms with E-state index >= 15 is 0 Å². The Kier molecular flexibility index (Phi) is 2.29. The van der Waals surface area contributed by atoms with Gasteiger partial charge in [-0.1, -0.05) is 0 Å². The highest BCUT2D eigenvalue weighted by atomic mass is 15.1. The van der Waals surface area contributed by atoms with E-state index in [4.69, 9.17) is 5.26 Å². The molecule has 0 aromatic rings. The lowest BCUT2D eigenvalue weighted by molar-refractivity contribution is 0.301. The molecule has 0 bridgehead atoms. The first kappa shape index (κ1) is 7.56. The molecule has 0 aromatic heterocycles. The van der Waals surface area contributed by atoms with Crippen molar-refractivity contribution >= 4 is 0 Å². The molecule has 2 heteroatoms. The summed E-state index contributed by atoms with van der Waals surface area (Å²) in [6.45, 7) is 2.90. The summed E-state index contributed by atoms with van der Waals surface area (Å²) in [4.78, 5) is 2.29. The zero-order chi connectivity index (χ0) is 7.56. The standard InChI is InChI=1S/C8H14N2/c1-7(5-9)6-10(2)8-3-4-8/h7-8H,3-4,6H2,1-2H3. The van der Waals surface area contributed by atoms with Crippen LogP contribution in [-0.2, 0) is 0 Å². The van der Waals surface area contributed by atoms with Crippen LogP contribution in [0.4, 0.5) is 0 Å². The summed E-state index contributed by atoms with van der Waals surface area (Å²) < 4.78 is 0. The van der Waals surface area contributed by atoms with Gasteiger partial charge in [-0.3, -0.25) is 0 Å². The molecule has 0 amide bonds. The molecule has 0 aromatic carbocycles. The minimum Gasteiger partial charge on any atom is -0.302 e. The van der Waals surface area contributed by atoms with E-state index in [2.05, 4.69) is 18.0 Å². The van der Waals surface area contributed by atoms with E-state index in [-0.39, 0.29) is 5.92 Å². The Labute approximate surface area is 62.4 Å². The van der Waals surface area contributed by atoms with Crippen LogP contribution in [0.5, 0.6) is 0 Å². The fourth-order valence-corrected chi connectivity index (χ4v) is 1.14. The van der Waals surface area contributed by atoms with E-state index in [0.29, 0.717) is 0 Å². The zero-order valence-electron chi connectivity index (χ0n) is 6.67. The molecule has 0 spiro atoms. The van der Waals surface area contributed by atoms with Gasteiger partial charge in [-0.05, 0) is 26.8 Å². The highest BCUT2D eigenvalue weighted by molar-refractivity contribution is 4.87. The van der Waals surface area contributed by atoms with Crippen molar-refractivity contribution in [1.29, 1.82) is 5.26 Å². The zero-order valence-corrected chi connectivity index (χ0v) is 6.67. The quantitative estimate of drug-likeness (QED) is 0.586. The molecule has 1 unspecified atom stereocenters. The first-order valence-corrected chi connectivity index (χ1v) is 3.84. The van der Waals surface area contributed by atoms with Crippen molar-refractivity contribution in [2.24, 2.45) is 5.92 Å². The Bertz CT molecular complexity index is 144. The molecule has 0 radical (unpaired) electrons. The number of nitriles is 1. The van der Waals surface area contributed by atoms with Gasteiger partial charge in [0.15, 0.2) is 0 Å². The number of nitrogens with zero attached hydrogens (tertiary/aromatic N) is 2. The van der Waals surface area contributed by atoms with Crippen LogP contribution in [-0.4, -0.2) is 24.5 Å². The van der Waals surface area contributed by atoms with E-state index in [0.717, 1.165) is 12.6 Å². The Morgan fingerprint density at radius 2 is 2.30 bits per heavy atom. The summed E-state index contributed by atoms with van der Waals surface area (Å²) >= 11 is 0. The molecule has 2 nitrogen and oxygen atoms in total. The van der Waals surface area contributed by atoms with E-state index in [1.54, 1.807) is 0 Å². The Morgan fingerprint density at radius 3 is 2.70 bits per heavy atom. The average Bonchev–Trinajstić information content (AvgIpc) is 2.68. The minimum atomic E-state index is 0.186. The first-order valence-electron chi connectivity index (χ1n) is 3.84. The summed E-state index contributed by atoms with van der Waals surface area (Å²) in [5.41, 5.74) is 0. The molecular weight excluding hydrogens is 124 g/mol. The van der Waals surface area contributed by atoms with Gasteiger partial charge in [-0.2, -0.15) is 5.26 Å². The van der Waals surface area contributed by atoms with Crippen LogP contribution in [0.15, 0.2) is 0 Å². The van der Waals surface area contributed by atoms with Gasteiger partial charge in [0, 0.05) is 12.6 Å². The minimum absolute atomic E-state index is 0.186. The molecule has 56 valence electrons. The van der Waals surface area contributed by atoms with Crippen LogP contribution in [0.3, 0.4) is 0 Å². The highest BCUT2D eigenvalue weighted by Gasteiger charge is 2.26. The number of hydrogen-bond acceptors (Lipinski definition) is 2. The Hall–Kier alpha value is -0.550. The lowest BCUT2D eigenvalue weighted by Gasteiger charge is -2.15. The van der Waals surface area contributed by atoms with Crippen molar-refractivity contribution in [3.63, 3.8) is 0 Å². The van der Waals surface area contributed by atoms with Crippen molar-refractivity contribution < 1.29 is 0 Å². The maximum atomic E-state index is 8.51. The predicted molar refractivity (Wildman–Crippen MR) is 40.4 cm³/mol. The van der Waals surface area contributed by atoms with E-state index < -0.39 is 0 Å². The van der Waals surface area contributed by atoms with Gasteiger partial charge in [0.2, 0.25) is 0 Å². The lowest BCUT2D eigenvalue weighted by atomic mass is 10.2. The van der Waals surface area contributed by atoms with Gasteiger partial charge >= 0.3 is 0 Å². The van der Waals surface area contributed by atoms with E-state index in [9.17, 15) is 0 Å². The summed E-state index contributed by atoms with van der Waals surface area (Å²) in [5.74, 6) is 0.186. The molecule has 0 saturated heterocycles. The number of hydrogen-bond donors (Lipinski definition) is 0.